The van der Waals surface area contributed by atoms with Gasteiger partial charge in [0.2, 0.25) is 0 Å². The van der Waals surface area contributed by atoms with Crippen LogP contribution < -0.4 is 4.74 Å². The molecule has 4 nitrogen and oxygen atoms in total. The highest BCUT2D eigenvalue weighted by atomic mass is 16.5. The molecule has 4 rings (SSSR count). The largest absolute Gasteiger partial charge is 0.490 e. The second kappa shape index (κ2) is 7.38. The summed E-state index contributed by atoms with van der Waals surface area (Å²) in [7, 11) is 0. The molecule has 2 aromatic rings. The standard InChI is InChI=1S/C21H28O4/c1-14-19-13-17(25-16-9-11-23-12-10-16)7-8-18(19)21(24-14)20(22)15-5-3-2-4-6-15/h7-8,13,15-16,20,22H,2-6,9-12H2,1H3. The molecule has 1 N–H and O–H groups in total. The van der Waals surface area contributed by atoms with Crippen LogP contribution in [0.1, 0.15) is 62.6 Å². The number of aliphatic hydroxyl groups is 1. The fourth-order valence-electron chi connectivity index (χ4n) is 4.25. The minimum absolute atomic E-state index is 0.228. The minimum atomic E-state index is -0.501. The van der Waals surface area contributed by atoms with Gasteiger partial charge >= 0.3 is 0 Å². The molecule has 0 bridgehead atoms. The maximum absolute atomic E-state index is 10.8. The van der Waals surface area contributed by atoms with Gasteiger partial charge in [0.25, 0.3) is 0 Å². The zero-order chi connectivity index (χ0) is 17.2. The van der Waals surface area contributed by atoms with Gasteiger partial charge in [-0.2, -0.15) is 0 Å². The lowest BCUT2D eigenvalue weighted by molar-refractivity contribution is 0.0256. The van der Waals surface area contributed by atoms with Gasteiger partial charge in [0.15, 0.2) is 0 Å². The van der Waals surface area contributed by atoms with Crippen LogP contribution in [0.5, 0.6) is 5.75 Å². The monoisotopic (exact) mass is 344 g/mol. The van der Waals surface area contributed by atoms with Crippen molar-refractivity contribution in [2.75, 3.05) is 13.2 Å². The summed E-state index contributed by atoms with van der Waals surface area (Å²) in [6.45, 7) is 3.52. The first-order chi connectivity index (χ1) is 12.2. The van der Waals surface area contributed by atoms with Crippen LogP contribution in [-0.4, -0.2) is 24.4 Å². The molecule has 1 aliphatic carbocycles. The lowest BCUT2D eigenvalue weighted by atomic mass is 9.84. The topological polar surface area (TPSA) is 51.8 Å². The molecule has 2 fully saturated rings. The van der Waals surface area contributed by atoms with Crippen LogP contribution >= 0.6 is 0 Å². The third-order valence-electron chi connectivity index (χ3n) is 5.73. The van der Waals surface area contributed by atoms with E-state index in [0.717, 1.165) is 66.9 Å². The van der Waals surface area contributed by atoms with Crippen molar-refractivity contribution in [3.63, 3.8) is 0 Å². The molecule has 1 saturated carbocycles. The molecule has 1 aliphatic heterocycles. The Hall–Kier alpha value is -1.52. The first kappa shape index (κ1) is 16.9. The Kier molecular flexibility index (Phi) is 5.00. The van der Waals surface area contributed by atoms with Crippen molar-refractivity contribution >= 4 is 10.8 Å². The second-order valence-corrected chi connectivity index (χ2v) is 7.50. The number of furan rings is 1. The zero-order valence-electron chi connectivity index (χ0n) is 15.0. The molecule has 0 amide bonds. The normalized spacial score (nSPS) is 21.5. The molecule has 1 aromatic heterocycles. The highest BCUT2D eigenvalue weighted by molar-refractivity contribution is 5.88. The lowest BCUT2D eigenvalue weighted by Gasteiger charge is -2.25. The van der Waals surface area contributed by atoms with Crippen LogP contribution in [0.3, 0.4) is 0 Å². The number of hydrogen-bond acceptors (Lipinski definition) is 4. The molecular weight excluding hydrogens is 316 g/mol. The molecule has 136 valence electrons. The summed E-state index contributed by atoms with van der Waals surface area (Å²) in [5.41, 5.74) is 0. The smallest absolute Gasteiger partial charge is 0.140 e. The maximum Gasteiger partial charge on any atom is 0.140 e. The van der Waals surface area contributed by atoms with Gasteiger partial charge in [0.05, 0.1) is 13.2 Å². The highest BCUT2D eigenvalue weighted by Gasteiger charge is 2.28. The summed E-state index contributed by atoms with van der Waals surface area (Å²) >= 11 is 0. The Morgan fingerprint density at radius 2 is 1.80 bits per heavy atom. The quantitative estimate of drug-likeness (QED) is 0.856. The van der Waals surface area contributed by atoms with Gasteiger partial charge in [-0.25, -0.2) is 0 Å². The van der Waals surface area contributed by atoms with E-state index in [1.54, 1.807) is 0 Å². The maximum atomic E-state index is 10.8. The summed E-state index contributed by atoms with van der Waals surface area (Å²) in [6.07, 6.45) is 7.49. The Labute approximate surface area is 149 Å². The number of aliphatic hydroxyl groups excluding tert-OH is 1. The van der Waals surface area contributed by atoms with Gasteiger partial charge in [0.1, 0.15) is 29.5 Å². The number of aryl methyl sites for hydroxylation is 1. The van der Waals surface area contributed by atoms with Gasteiger partial charge in [-0.05, 0) is 43.9 Å². The van der Waals surface area contributed by atoms with E-state index in [1.807, 2.05) is 19.1 Å². The van der Waals surface area contributed by atoms with Crippen LogP contribution in [-0.2, 0) is 4.74 Å². The molecule has 1 saturated heterocycles. The van der Waals surface area contributed by atoms with E-state index in [1.165, 1.54) is 19.3 Å². The Balaban J connectivity index is 1.57. The van der Waals surface area contributed by atoms with E-state index < -0.39 is 6.10 Å². The summed E-state index contributed by atoms with van der Waals surface area (Å²) < 4.78 is 17.5. The van der Waals surface area contributed by atoms with Gasteiger partial charge in [-0.15, -0.1) is 0 Å². The fourth-order valence-corrected chi connectivity index (χ4v) is 4.25. The van der Waals surface area contributed by atoms with Crippen LogP contribution in [0, 0.1) is 12.8 Å². The summed E-state index contributed by atoms with van der Waals surface area (Å²) in [4.78, 5) is 0. The number of ether oxygens (including phenoxy) is 2. The molecule has 0 radical (unpaired) electrons. The second-order valence-electron chi connectivity index (χ2n) is 7.50. The van der Waals surface area contributed by atoms with Crippen LogP contribution in [0.4, 0.5) is 0 Å². The van der Waals surface area contributed by atoms with Crippen molar-refractivity contribution in [3.05, 3.63) is 29.7 Å². The molecule has 1 aromatic carbocycles. The molecule has 2 aliphatic rings. The van der Waals surface area contributed by atoms with E-state index in [-0.39, 0.29) is 6.10 Å². The van der Waals surface area contributed by atoms with E-state index in [0.29, 0.717) is 5.92 Å². The summed E-state index contributed by atoms with van der Waals surface area (Å²) in [5.74, 6) is 2.79. The third kappa shape index (κ3) is 3.56. The fraction of sp³-hybridized carbons (Fsp3) is 0.619. The number of hydrogen-bond donors (Lipinski definition) is 1. The molecule has 4 heteroatoms. The molecular formula is C21H28O4. The highest BCUT2D eigenvalue weighted by Crippen LogP contribution is 2.40. The molecule has 25 heavy (non-hydrogen) atoms. The van der Waals surface area contributed by atoms with Crippen molar-refractivity contribution in [1.29, 1.82) is 0 Å². The Bertz CT molecular complexity index is 708. The van der Waals surface area contributed by atoms with E-state index >= 15 is 0 Å². The zero-order valence-corrected chi connectivity index (χ0v) is 15.0. The average molecular weight is 344 g/mol. The summed E-state index contributed by atoms with van der Waals surface area (Å²) in [5, 5.41) is 12.9. The van der Waals surface area contributed by atoms with Gasteiger partial charge in [-0.3, -0.25) is 0 Å². The van der Waals surface area contributed by atoms with Crippen molar-refractivity contribution < 1.29 is 19.0 Å². The van der Waals surface area contributed by atoms with Crippen molar-refractivity contribution in [3.8, 4) is 5.75 Å². The Morgan fingerprint density at radius 1 is 1.04 bits per heavy atom. The van der Waals surface area contributed by atoms with Crippen LogP contribution in [0.15, 0.2) is 22.6 Å². The minimum Gasteiger partial charge on any atom is -0.490 e. The first-order valence-corrected chi connectivity index (χ1v) is 9.68. The van der Waals surface area contributed by atoms with Crippen molar-refractivity contribution in [2.24, 2.45) is 5.92 Å². The number of benzene rings is 1. The van der Waals surface area contributed by atoms with Crippen LogP contribution in [0.2, 0.25) is 0 Å². The van der Waals surface area contributed by atoms with Gasteiger partial charge < -0.3 is 19.0 Å². The first-order valence-electron chi connectivity index (χ1n) is 9.68. The van der Waals surface area contributed by atoms with Crippen molar-refractivity contribution in [2.45, 2.75) is 64.1 Å². The predicted octanol–water partition coefficient (Wildman–Crippen LogP) is 4.91. The van der Waals surface area contributed by atoms with Gasteiger partial charge in [0, 0.05) is 23.6 Å². The number of rotatable bonds is 4. The SMILES string of the molecule is Cc1oc(C(O)C2CCCCC2)c2ccc(OC3CCOCC3)cc12. The van der Waals surface area contributed by atoms with E-state index in [9.17, 15) is 5.11 Å². The Morgan fingerprint density at radius 3 is 2.56 bits per heavy atom. The molecule has 0 spiro atoms. The third-order valence-corrected chi connectivity index (χ3v) is 5.73. The summed E-state index contributed by atoms with van der Waals surface area (Å²) in [6, 6.07) is 6.10. The van der Waals surface area contributed by atoms with Crippen LogP contribution in [0.25, 0.3) is 10.8 Å². The molecule has 1 unspecified atom stereocenters. The lowest BCUT2D eigenvalue weighted by Crippen LogP contribution is -2.25. The van der Waals surface area contributed by atoms with E-state index in [2.05, 4.69) is 6.07 Å². The predicted molar refractivity (Wildman–Crippen MR) is 97.0 cm³/mol. The van der Waals surface area contributed by atoms with Crippen molar-refractivity contribution in [1.82, 2.24) is 0 Å². The van der Waals surface area contributed by atoms with Gasteiger partial charge in [-0.1, -0.05) is 19.3 Å². The van der Waals surface area contributed by atoms with E-state index in [4.69, 9.17) is 13.9 Å². The molecule has 1 atom stereocenters. The number of fused-ring (bicyclic) bond motifs is 1. The molecule has 2 heterocycles. The average Bonchev–Trinajstić information content (AvgIpc) is 2.99.